The maximum Gasteiger partial charge on any atom is 0.290 e. The molecule has 0 spiro atoms. The second-order valence-corrected chi connectivity index (χ2v) is 4.17. The van der Waals surface area contributed by atoms with E-state index in [2.05, 4.69) is 4.98 Å². The molecule has 2 rings (SSSR count). The molecule has 0 saturated heterocycles. The number of hydrogen-bond acceptors (Lipinski definition) is 3. The van der Waals surface area contributed by atoms with Crippen molar-refractivity contribution in [3.63, 3.8) is 0 Å². The van der Waals surface area contributed by atoms with Crippen LogP contribution in [0.15, 0.2) is 33.9 Å². The van der Waals surface area contributed by atoms with Gasteiger partial charge in [-0.05, 0) is 34.7 Å². The summed E-state index contributed by atoms with van der Waals surface area (Å²) in [5.74, 6) is -0.563. The van der Waals surface area contributed by atoms with Crippen molar-refractivity contribution in [1.29, 1.82) is 0 Å². The highest BCUT2D eigenvalue weighted by atomic mass is 127. The topological polar surface area (TPSA) is 70.2 Å². The Labute approximate surface area is 97.7 Å². The Morgan fingerprint density at radius 3 is 2.73 bits per heavy atom. The lowest BCUT2D eigenvalue weighted by atomic mass is 10.2. The van der Waals surface area contributed by atoms with E-state index in [1.54, 1.807) is 18.2 Å². The molecule has 2 N–H and O–H groups in total. The molecule has 0 saturated carbocycles. The van der Waals surface area contributed by atoms with E-state index < -0.39 is 11.3 Å². The van der Waals surface area contributed by atoms with E-state index in [9.17, 15) is 14.7 Å². The van der Waals surface area contributed by atoms with Crippen LogP contribution in [0.3, 0.4) is 0 Å². The maximum atomic E-state index is 11.6. The van der Waals surface area contributed by atoms with Gasteiger partial charge in [0.1, 0.15) is 0 Å². The molecule has 0 aliphatic carbocycles. The molecule has 1 aromatic heterocycles. The molecule has 5 heteroatoms. The summed E-state index contributed by atoms with van der Waals surface area (Å²) in [6.07, 6.45) is 0. The Hall–Kier alpha value is -1.37. The van der Waals surface area contributed by atoms with E-state index in [0.29, 0.717) is 10.9 Å². The number of halogens is 1. The lowest BCUT2D eigenvalue weighted by Gasteiger charge is -1.93. The molecule has 2 aromatic rings. The van der Waals surface area contributed by atoms with Gasteiger partial charge in [0.05, 0.1) is 10.9 Å². The van der Waals surface area contributed by atoms with Crippen molar-refractivity contribution in [3.05, 3.63) is 48.4 Å². The molecule has 0 aliphatic rings. The number of H-pyrrole nitrogens is 1. The van der Waals surface area contributed by atoms with Gasteiger partial charge in [-0.15, -0.1) is 0 Å². The number of benzene rings is 1. The third kappa shape index (κ3) is 1.74. The van der Waals surface area contributed by atoms with Crippen LogP contribution in [0.1, 0.15) is 0 Å². The van der Waals surface area contributed by atoms with Crippen molar-refractivity contribution in [2.24, 2.45) is 0 Å². The van der Waals surface area contributed by atoms with Crippen LogP contribution in [-0.2, 0) is 0 Å². The number of nitrogens with one attached hydrogen (secondary N) is 1. The van der Waals surface area contributed by atoms with Crippen molar-refractivity contribution in [2.45, 2.75) is 0 Å². The molecular formula is C10H6INO3. The maximum absolute atomic E-state index is 11.6. The number of aromatic hydroxyl groups is 1. The van der Waals surface area contributed by atoms with Crippen LogP contribution in [0.5, 0.6) is 5.75 Å². The second kappa shape index (κ2) is 3.65. The fraction of sp³-hybridized carbons (Fsp3) is 0. The van der Waals surface area contributed by atoms with Crippen molar-refractivity contribution in [1.82, 2.24) is 4.98 Å². The first-order valence-corrected chi connectivity index (χ1v) is 5.22. The summed E-state index contributed by atoms with van der Waals surface area (Å²) in [5.41, 5.74) is -0.604. The largest absolute Gasteiger partial charge is 0.503 e. The predicted molar refractivity (Wildman–Crippen MR) is 65.2 cm³/mol. The third-order valence-electron chi connectivity index (χ3n) is 2.01. The molecule has 1 heterocycles. The predicted octanol–water partition coefficient (Wildman–Crippen LogP) is 1.20. The normalized spacial score (nSPS) is 10.5. The van der Waals surface area contributed by atoms with Gasteiger partial charge in [-0.1, -0.05) is 6.07 Å². The van der Waals surface area contributed by atoms with Gasteiger partial charge in [0, 0.05) is 9.64 Å². The van der Waals surface area contributed by atoms with Gasteiger partial charge in [-0.3, -0.25) is 9.59 Å². The Kier molecular flexibility index (Phi) is 2.47. The molecular weight excluding hydrogens is 309 g/mol. The van der Waals surface area contributed by atoms with E-state index in [0.717, 1.165) is 9.64 Å². The third-order valence-corrected chi connectivity index (χ3v) is 2.91. The molecule has 0 fully saturated rings. The Morgan fingerprint density at radius 1 is 1.27 bits per heavy atom. The summed E-state index contributed by atoms with van der Waals surface area (Å²) in [4.78, 5) is 25.4. The highest BCUT2D eigenvalue weighted by molar-refractivity contribution is 14.1. The first kappa shape index (κ1) is 10.2. The van der Waals surface area contributed by atoms with Gasteiger partial charge in [-0.2, -0.15) is 0 Å². The van der Waals surface area contributed by atoms with Crippen LogP contribution >= 0.6 is 22.6 Å². The van der Waals surface area contributed by atoms with E-state index in [4.69, 9.17) is 0 Å². The van der Waals surface area contributed by atoms with Crippen LogP contribution in [0.4, 0.5) is 0 Å². The lowest BCUT2D eigenvalue weighted by molar-refractivity contribution is 0.468. The zero-order valence-electron chi connectivity index (χ0n) is 7.45. The quantitative estimate of drug-likeness (QED) is 0.718. The van der Waals surface area contributed by atoms with E-state index >= 15 is 0 Å². The first-order chi connectivity index (χ1) is 7.09. The number of aromatic amines is 1. The SMILES string of the molecule is O=c1[nH]c2cccc(I)c2c(=O)cc1O. The van der Waals surface area contributed by atoms with Gasteiger partial charge in [0.2, 0.25) is 0 Å². The second-order valence-electron chi connectivity index (χ2n) is 3.01. The molecule has 0 radical (unpaired) electrons. The highest BCUT2D eigenvalue weighted by Gasteiger charge is 2.04. The minimum atomic E-state index is -0.663. The Morgan fingerprint density at radius 2 is 2.00 bits per heavy atom. The number of hydrogen-bond donors (Lipinski definition) is 2. The van der Waals surface area contributed by atoms with Crippen molar-refractivity contribution in [3.8, 4) is 5.75 Å². The molecule has 0 amide bonds. The van der Waals surface area contributed by atoms with Gasteiger partial charge < -0.3 is 10.1 Å². The fourth-order valence-electron chi connectivity index (χ4n) is 1.33. The van der Waals surface area contributed by atoms with Gasteiger partial charge >= 0.3 is 0 Å². The molecule has 1 aromatic carbocycles. The van der Waals surface area contributed by atoms with Crippen molar-refractivity contribution >= 4 is 33.5 Å². The molecule has 0 unspecified atom stereocenters. The van der Waals surface area contributed by atoms with Crippen LogP contribution < -0.4 is 11.0 Å². The summed E-state index contributed by atoms with van der Waals surface area (Å²) < 4.78 is 0.737. The molecule has 0 bridgehead atoms. The van der Waals surface area contributed by atoms with E-state index in [-0.39, 0.29) is 5.43 Å². The highest BCUT2D eigenvalue weighted by Crippen LogP contribution is 2.14. The summed E-state index contributed by atoms with van der Waals surface area (Å²) in [6.45, 7) is 0. The number of rotatable bonds is 0. The average Bonchev–Trinajstić information content (AvgIpc) is 2.26. The monoisotopic (exact) mass is 315 g/mol. The zero-order chi connectivity index (χ0) is 11.0. The van der Waals surface area contributed by atoms with E-state index in [1.807, 2.05) is 22.6 Å². The van der Waals surface area contributed by atoms with Crippen LogP contribution in [0, 0.1) is 3.57 Å². The molecule has 0 atom stereocenters. The zero-order valence-corrected chi connectivity index (χ0v) is 9.61. The molecule has 76 valence electrons. The molecule has 4 nitrogen and oxygen atoms in total. The van der Waals surface area contributed by atoms with Crippen LogP contribution in [-0.4, -0.2) is 10.1 Å². The minimum Gasteiger partial charge on any atom is -0.503 e. The molecule has 15 heavy (non-hydrogen) atoms. The summed E-state index contributed by atoms with van der Waals surface area (Å²) in [7, 11) is 0. The van der Waals surface area contributed by atoms with Crippen LogP contribution in [0.25, 0.3) is 10.9 Å². The number of fused-ring (bicyclic) bond motifs is 1. The van der Waals surface area contributed by atoms with Gasteiger partial charge in [-0.25, -0.2) is 0 Å². The van der Waals surface area contributed by atoms with E-state index in [1.165, 1.54) is 0 Å². The fourth-order valence-corrected chi connectivity index (χ4v) is 2.09. The van der Waals surface area contributed by atoms with Crippen LogP contribution in [0.2, 0.25) is 0 Å². The summed E-state index contributed by atoms with van der Waals surface area (Å²) in [6, 6.07) is 6.05. The average molecular weight is 315 g/mol. The Balaban J connectivity index is 3.17. The summed E-state index contributed by atoms with van der Waals surface area (Å²) in [5, 5.41) is 9.63. The van der Waals surface area contributed by atoms with Crippen molar-refractivity contribution < 1.29 is 5.11 Å². The van der Waals surface area contributed by atoms with Gasteiger partial charge in [0.25, 0.3) is 5.56 Å². The smallest absolute Gasteiger partial charge is 0.290 e. The van der Waals surface area contributed by atoms with Gasteiger partial charge in [0.15, 0.2) is 11.2 Å². The van der Waals surface area contributed by atoms with Crippen molar-refractivity contribution in [2.75, 3.05) is 0 Å². The standard InChI is InChI=1S/C10H6INO3/c11-5-2-1-3-6-9(5)7(13)4-8(14)10(15)12-6/h1-4,14H,(H,12,15). The lowest BCUT2D eigenvalue weighted by Crippen LogP contribution is -2.00. The first-order valence-electron chi connectivity index (χ1n) is 4.14. The molecule has 0 aliphatic heterocycles. The number of aromatic nitrogens is 1. The Bertz CT molecular complexity index is 648. The minimum absolute atomic E-state index is 0.370. The summed E-state index contributed by atoms with van der Waals surface area (Å²) >= 11 is 2.01.